The highest BCUT2D eigenvalue weighted by molar-refractivity contribution is 7.89. The molecule has 0 aliphatic carbocycles. The first-order chi connectivity index (χ1) is 5.98. The van der Waals surface area contributed by atoms with Crippen LogP contribution in [0.4, 0.5) is 0 Å². The van der Waals surface area contributed by atoms with Crippen molar-refractivity contribution in [3.8, 4) is 0 Å². The first-order valence-corrected chi connectivity index (χ1v) is 6.60. The summed E-state index contributed by atoms with van der Waals surface area (Å²) in [7, 11) is -3.00. The fourth-order valence-electron chi connectivity index (χ4n) is 0.867. The lowest BCUT2D eigenvalue weighted by Gasteiger charge is -2.07. The fraction of sp³-hybridized carbons (Fsp3) is 1.00. The van der Waals surface area contributed by atoms with Gasteiger partial charge in [0.25, 0.3) is 0 Å². The van der Waals surface area contributed by atoms with E-state index < -0.39 is 10.0 Å². The second kappa shape index (κ2) is 6.38. The van der Waals surface area contributed by atoms with Crippen LogP contribution < -0.4 is 4.72 Å². The normalized spacial score (nSPS) is 12.3. The Hall–Kier alpha value is -0.0900. The summed E-state index contributed by atoms with van der Waals surface area (Å²) in [5, 5.41) is 0. The topological polar surface area (TPSA) is 46.2 Å². The molecule has 0 spiro atoms. The smallest absolute Gasteiger partial charge is 0.211 e. The quantitative estimate of drug-likeness (QED) is 0.646. The third kappa shape index (κ3) is 8.25. The van der Waals surface area contributed by atoms with E-state index in [1.807, 2.05) is 20.8 Å². The minimum absolute atomic E-state index is 0.258. The Labute approximate surface area is 82.0 Å². The molecule has 13 heavy (non-hydrogen) atoms. The molecule has 0 bridgehead atoms. The molecular formula is C9H21NO2S. The van der Waals surface area contributed by atoms with E-state index in [4.69, 9.17) is 0 Å². The maximum Gasteiger partial charge on any atom is 0.211 e. The number of sulfonamides is 1. The van der Waals surface area contributed by atoms with Crippen LogP contribution in [-0.4, -0.2) is 20.7 Å². The summed E-state index contributed by atoms with van der Waals surface area (Å²) in [5.41, 5.74) is 0. The lowest BCUT2D eigenvalue weighted by atomic mass is 10.2. The van der Waals surface area contributed by atoms with Crippen LogP contribution in [-0.2, 0) is 10.0 Å². The van der Waals surface area contributed by atoms with E-state index in [0.717, 1.165) is 19.3 Å². The number of hydrogen-bond donors (Lipinski definition) is 1. The summed E-state index contributed by atoms with van der Waals surface area (Å²) < 4.78 is 25.2. The highest BCUT2D eigenvalue weighted by atomic mass is 32.2. The molecule has 1 N–H and O–H groups in total. The van der Waals surface area contributed by atoms with Crippen LogP contribution in [0.25, 0.3) is 0 Å². The van der Waals surface area contributed by atoms with E-state index in [2.05, 4.69) is 4.72 Å². The Bertz CT molecular complexity index is 210. The first-order valence-electron chi connectivity index (χ1n) is 4.95. The molecule has 0 radical (unpaired) electrons. The van der Waals surface area contributed by atoms with Crippen LogP contribution in [0, 0.1) is 5.92 Å². The maximum absolute atomic E-state index is 11.3. The van der Waals surface area contributed by atoms with Crippen molar-refractivity contribution >= 4 is 10.0 Å². The average Bonchev–Trinajstić information content (AvgIpc) is 2.02. The Balaban J connectivity index is 3.68. The molecule has 0 heterocycles. The highest BCUT2D eigenvalue weighted by Gasteiger charge is 2.09. The van der Waals surface area contributed by atoms with Crippen LogP contribution in [0.2, 0.25) is 0 Å². The second-order valence-corrected chi connectivity index (χ2v) is 5.68. The standard InChI is InChI=1S/C9H21NO2S/c1-4-5-7-10-13(11,12)8-6-9(2)3/h9-10H,4-8H2,1-3H3. The number of hydrogen-bond acceptors (Lipinski definition) is 2. The Kier molecular flexibility index (Phi) is 6.33. The molecule has 4 heteroatoms. The van der Waals surface area contributed by atoms with Crippen LogP contribution in [0.15, 0.2) is 0 Å². The van der Waals surface area contributed by atoms with Gasteiger partial charge in [-0.2, -0.15) is 0 Å². The molecule has 0 atom stereocenters. The molecule has 0 aliphatic heterocycles. The highest BCUT2D eigenvalue weighted by Crippen LogP contribution is 2.01. The van der Waals surface area contributed by atoms with Crippen molar-refractivity contribution in [1.29, 1.82) is 0 Å². The largest absolute Gasteiger partial charge is 0.215 e. The van der Waals surface area contributed by atoms with E-state index in [1.54, 1.807) is 0 Å². The molecule has 80 valence electrons. The van der Waals surface area contributed by atoms with Crippen LogP contribution >= 0.6 is 0 Å². The lowest BCUT2D eigenvalue weighted by Crippen LogP contribution is -2.27. The SMILES string of the molecule is CCCCNS(=O)(=O)CCC(C)C. The summed E-state index contributed by atoms with van der Waals surface area (Å²) in [6.45, 7) is 6.68. The van der Waals surface area contributed by atoms with E-state index in [-0.39, 0.29) is 5.75 Å². The van der Waals surface area contributed by atoms with Gasteiger partial charge in [0.05, 0.1) is 5.75 Å². The second-order valence-electron chi connectivity index (χ2n) is 3.75. The predicted octanol–water partition coefficient (Wildman–Crippen LogP) is 1.75. The molecule has 0 rings (SSSR count). The molecule has 0 amide bonds. The van der Waals surface area contributed by atoms with Gasteiger partial charge in [-0.3, -0.25) is 0 Å². The zero-order chi connectivity index (χ0) is 10.3. The summed E-state index contributed by atoms with van der Waals surface area (Å²) >= 11 is 0. The Morgan fingerprint density at radius 2 is 1.92 bits per heavy atom. The van der Waals surface area contributed by atoms with Gasteiger partial charge < -0.3 is 0 Å². The minimum atomic E-state index is -3.00. The number of nitrogens with one attached hydrogen (secondary N) is 1. The zero-order valence-electron chi connectivity index (χ0n) is 8.84. The zero-order valence-corrected chi connectivity index (χ0v) is 9.65. The van der Waals surface area contributed by atoms with Crippen molar-refractivity contribution in [2.75, 3.05) is 12.3 Å². The van der Waals surface area contributed by atoms with Gasteiger partial charge in [0.2, 0.25) is 10.0 Å². The van der Waals surface area contributed by atoms with Gasteiger partial charge in [0.15, 0.2) is 0 Å². The molecule has 0 aromatic heterocycles. The molecule has 0 unspecified atom stereocenters. The van der Waals surface area contributed by atoms with E-state index in [1.165, 1.54) is 0 Å². The minimum Gasteiger partial charge on any atom is -0.215 e. The summed E-state index contributed by atoms with van der Waals surface area (Å²) in [6.07, 6.45) is 2.68. The maximum atomic E-state index is 11.3. The van der Waals surface area contributed by atoms with E-state index in [9.17, 15) is 8.42 Å². The van der Waals surface area contributed by atoms with Crippen LogP contribution in [0.5, 0.6) is 0 Å². The fourth-order valence-corrected chi connectivity index (χ4v) is 2.25. The number of rotatable bonds is 7. The average molecular weight is 207 g/mol. The molecule has 3 nitrogen and oxygen atoms in total. The van der Waals surface area contributed by atoms with Crippen molar-refractivity contribution in [2.24, 2.45) is 5.92 Å². The summed E-state index contributed by atoms with van der Waals surface area (Å²) in [4.78, 5) is 0. The van der Waals surface area contributed by atoms with Gasteiger partial charge in [-0.1, -0.05) is 27.2 Å². The molecule has 0 saturated heterocycles. The van der Waals surface area contributed by atoms with Crippen molar-refractivity contribution in [2.45, 2.75) is 40.0 Å². The van der Waals surface area contributed by atoms with Gasteiger partial charge in [-0.15, -0.1) is 0 Å². The van der Waals surface area contributed by atoms with E-state index in [0.29, 0.717) is 12.5 Å². The Morgan fingerprint density at radius 3 is 2.38 bits per heavy atom. The molecule has 0 fully saturated rings. The molecule has 0 aliphatic rings. The van der Waals surface area contributed by atoms with Gasteiger partial charge in [0.1, 0.15) is 0 Å². The monoisotopic (exact) mass is 207 g/mol. The van der Waals surface area contributed by atoms with Crippen LogP contribution in [0.1, 0.15) is 40.0 Å². The molecular weight excluding hydrogens is 186 g/mol. The summed E-state index contributed by atoms with van der Waals surface area (Å²) in [5.74, 6) is 0.705. The molecule has 0 saturated carbocycles. The van der Waals surface area contributed by atoms with Crippen molar-refractivity contribution < 1.29 is 8.42 Å². The Morgan fingerprint density at radius 1 is 1.31 bits per heavy atom. The van der Waals surface area contributed by atoms with Crippen LogP contribution in [0.3, 0.4) is 0 Å². The lowest BCUT2D eigenvalue weighted by molar-refractivity contribution is 0.559. The molecule has 0 aromatic carbocycles. The third-order valence-electron chi connectivity index (χ3n) is 1.82. The number of unbranched alkanes of at least 4 members (excludes halogenated alkanes) is 1. The van der Waals surface area contributed by atoms with Gasteiger partial charge in [-0.25, -0.2) is 13.1 Å². The van der Waals surface area contributed by atoms with Crippen molar-refractivity contribution in [3.05, 3.63) is 0 Å². The van der Waals surface area contributed by atoms with Crippen molar-refractivity contribution in [1.82, 2.24) is 4.72 Å². The summed E-state index contributed by atoms with van der Waals surface area (Å²) in [6, 6.07) is 0. The van der Waals surface area contributed by atoms with E-state index >= 15 is 0 Å². The predicted molar refractivity (Wildman–Crippen MR) is 56.2 cm³/mol. The first kappa shape index (κ1) is 12.9. The van der Waals surface area contributed by atoms with Gasteiger partial charge >= 0.3 is 0 Å². The third-order valence-corrected chi connectivity index (χ3v) is 3.23. The molecule has 0 aromatic rings. The van der Waals surface area contributed by atoms with Gasteiger partial charge in [0, 0.05) is 6.54 Å². The van der Waals surface area contributed by atoms with Crippen molar-refractivity contribution in [3.63, 3.8) is 0 Å². The van der Waals surface area contributed by atoms with Gasteiger partial charge in [-0.05, 0) is 18.8 Å².